The average Bonchev–Trinajstić information content (AvgIpc) is 2.45. The van der Waals surface area contributed by atoms with E-state index in [9.17, 15) is 18.5 Å². The van der Waals surface area contributed by atoms with Gasteiger partial charge in [-0.15, -0.1) is 0 Å². The standard InChI is InChI=1S/C13H19N3O4S2/c1-9(2)11-8-15(6-7-21-11)10-4-3-5-12(22(14,19)20)13(10)16(17)18/h3-5,9,11H,6-8H2,1-2H3,(H2,14,19,20). The minimum Gasteiger partial charge on any atom is -0.364 e. The Bertz CT molecular complexity index is 676. The summed E-state index contributed by atoms with van der Waals surface area (Å²) < 4.78 is 23.2. The van der Waals surface area contributed by atoms with Crippen molar-refractivity contribution < 1.29 is 13.3 Å². The zero-order valence-corrected chi connectivity index (χ0v) is 14.1. The highest BCUT2D eigenvalue weighted by atomic mass is 32.2. The van der Waals surface area contributed by atoms with E-state index in [-0.39, 0.29) is 0 Å². The molecule has 7 nitrogen and oxygen atoms in total. The largest absolute Gasteiger partial charge is 0.364 e. The van der Waals surface area contributed by atoms with Gasteiger partial charge in [0.05, 0.1) is 4.92 Å². The van der Waals surface area contributed by atoms with E-state index in [1.165, 1.54) is 12.1 Å². The number of nitro benzene ring substituents is 1. The first kappa shape index (κ1) is 17.0. The molecule has 0 aliphatic carbocycles. The Morgan fingerprint density at radius 1 is 1.45 bits per heavy atom. The third kappa shape index (κ3) is 3.53. The van der Waals surface area contributed by atoms with Gasteiger partial charge < -0.3 is 4.90 Å². The summed E-state index contributed by atoms with van der Waals surface area (Å²) in [5.74, 6) is 1.29. The van der Waals surface area contributed by atoms with E-state index in [1.807, 2.05) is 16.7 Å². The van der Waals surface area contributed by atoms with E-state index >= 15 is 0 Å². The first-order valence-electron chi connectivity index (χ1n) is 6.88. The van der Waals surface area contributed by atoms with Crippen molar-refractivity contribution in [2.75, 3.05) is 23.7 Å². The summed E-state index contributed by atoms with van der Waals surface area (Å²) in [5.41, 5.74) is -0.109. The van der Waals surface area contributed by atoms with Crippen LogP contribution in [0, 0.1) is 16.0 Å². The number of rotatable bonds is 4. The SMILES string of the molecule is CC(C)C1CN(c2cccc(S(N)(=O)=O)c2[N+](=O)[O-])CCS1. The Hall–Kier alpha value is -1.32. The average molecular weight is 345 g/mol. The molecule has 0 bridgehead atoms. The smallest absolute Gasteiger partial charge is 0.312 e. The fraction of sp³-hybridized carbons (Fsp3) is 0.538. The van der Waals surface area contributed by atoms with Crippen molar-refractivity contribution in [2.24, 2.45) is 11.1 Å². The first-order valence-corrected chi connectivity index (χ1v) is 9.48. The molecule has 0 amide bonds. The summed E-state index contributed by atoms with van der Waals surface area (Å²) in [4.78, 5) is 12.2. The van der Waals surface area contributed by atoms with Crippen molar-refractivity contribution in [1.29, 1.82) is 0 Å². The van der Waals surface area contributed by atoms with Gasteiger partial charge in [0.25, 0.3) is 0 Å². The molecule has 1 fully saturated rings. The second-order valence-electron chi connectivity index (χ2n) is 5.53. The van der Waals surface area contributed by atoms with Crippen molar-refractivity contribution in [1.82, 2.24) is 0 Å². The van der Waals surface area contributed by atoms with Crippen LogP contribution in [0.2, 0.25) is 0 Å². The molecule has 1 atom stereocenters. The van der Waals surface area contributed by atoms with Crippen molar-refractivity contribution in [3.63, 3.8) is 0 Å². The normalized spacial score (nSPS) is 19.5. The van der Waals surface area contributed by atoms with Gasteiger partial charge in [-0.3, -0.25) is 10.1 Å². The maximum absolute atomic E-state index is 11.6. The number of thioether (sulfide) groups is 1. The fourth-order valence-electron chi connectivity index (χ4n) is 2.48. The van der Waals surface area contributed by atoms with Crippen LogP contribution in [0.3, 0.4) is 0 Å². The molecule has 1 heterocycles. The van der Waals surface area contributed by atoms with Crippen LogP contribution in [0.1, 0.15) is 13.8 Å². The minimum atomic E-state index is -4.14. The molecule has 22 heavy (non-hydrogen) atoms. The maximum Gasteiger partial charge on any atom is 0.312 e. The second kappa shape index (κ2) is 6.43. The van der Waals surface area contributed by atoms with Crippen LogP contribution in [0.5, 0.6) is 0 Å². The number of benzene rings is 1. The molecule has 9 heteroatoms. The van der Waals surface area contributed by atoms with Crippen molar-refractivity contribution in [3.05, 3.63) is 28.3 Å². The van der Waals surface area contributed by atoms with Gasteiger partial charge in [-0.1, -0.05) is 19.9 Å². The lowest BCUT2D eigenvalue weighted by Gasteiger charge is -2.35. The number of hydrogen-bond donors (Lipinski definition) is 1. The molecule has 1 aliphatic heterocycles. The lowest BCUT2D eigenvalue weighted by atomic mass is 10.1. The van der Waals surface area contributed by atoms with E-state index in [0.717, 1.165) is 5.75 Å². The summed E-state index contributed by atoms with van der Waals surface area (Å²) in [6, 6.07) is 4.25. The van der Waals surface area contributed by atoms with Gasteiger partial charge in [0.2, 0.25) is 10.0 Å². The summed E-state index contributed by atoms with van der Waals surface area (Å²) in [5, 5.41) is 16.9. The van der Waals surface area contributed by atoms with Crippen LogP contribution in [0.15, 0.2) is 23.1 Å². The predicted molar refractivity (Wildman–Crippen MR) is 87.8 cm³/mol. The monoisotopic (exact) mass is 345 g/mol. The molecule has 1 aromatic carbocycles. The number of sulfonamides is 1. The quantitative estimate of drug-likeness (QED) is 0.659. The molecule has 0 aromatic heterocycles. The minimum absolute atomic E-state index is 0.322. The second-order valence-corrected chi connectivity index (χ2v) is 8.40. The Morgan fingerprint density at radius 2 is 2.14 bits per heavy atom. The Morgan fingerprint density at radius 3 is 2.68 bits per heavy atom. The zero-order chi connectivity index (χ0) is 16.5. The van der Waals surface area contributed by atoms with Gasteiger partial charge in [-0.25, -0.2) is 13.6 Å². The Balaban J connectivity index is 2.49. The summed E-state index contributed by atoms with van der Waals surface area (Å²) >= 11 is 1.84. The fourth-order valence-corrected chi connectivity index (χ4v) is 4.49. The third-order valence-corrected chi connectivity index (χ3v) is 6.13. The van der Waals surface area contributed by atoms with Crippen LogP contribution in [-0.2, 0) is 10.0 Å². The van der Waals surface area contributed by atoms with Crippen LogP contribution in [0.25, 0.3) is 0 Å². The molecular formula is C13H19N3O4S2. The zero-order valence-electron chi connectivity index (χ0n) is 12.4. The summed E-state index contributed by atoms with van der Waals surface area (Å²) in [6.07, 6.45) is 0. The van der Waals surface area contributed by atoms with E-state index in [0.29, 0.717) is 29.9 Å². The molecule has 1 saturated heterocycles. The van der Waals surface area contributed by atoms with Gasteiger partial charge in [0, 0.05) is 24.1 Å². The highest BCUT2D eigenvalue weighted by molar-refractivity contribution is 8.00. The molecule has 0 radical (unpaired) electrons. The molecule has 2 rings (SSSR count). The van der Waals surface area contributed by atoms with E-state index in [1.54, 1.807) is 6.07 Å². The number of anilines is 1. The number of nitro groups is 1. The molecule has 1 aliphatic rings. The first-order chi connectivity index (χ1) is 10.2. The molecule has 1 unspecified atom stereocenters. The van der Waals surface area contributed by atoms with E-state index < -0.39 is 25.5 Å². The van der Waals surface area contributed by atoms with Crippen LogP contribution >= 0.6 is 11.8 Å². The third-order valence-electron chi connectivity index (χ3n) is 3.64. The molecule has 0 saturated carbocycles. The summed E-state index contributed by atoms with van der Waals surface area (Å²) in [6.45, 7) is 5.51. The van der Waals surface area contributed by atoms with E-state index in [4.69, 9.17) is 5.14 Å². The van der Waals surface area contributed by atoms with Crippen molar-refractivity contribution in [2.45, 2.75) is 24.0 Å². The number of nitrogens with zero attached hydrogens (tertiary/aromatic N) is 2. The lowest BCUT2D eigenvalue weighted by Crippen LogP contribution is -2.40. The van der Waals surface area contributed by atoms with Crippen molar-refractivity contribution >= 4 is 33.2 Å². The highest BCUT2D eigenvalue weighted by Crippen LogP contribution is 2.37. The lowest BCUT2D eigenvalue weighted by molar-refractivity contribution is -0.387. The number of primary sulfonamides is 1. The number of para-hydroxylation sites is 1. The highest BCUT2D eigenvalue weighted by Gasteiger charge is 2.32. The number of hydrogen-bond acceptors (Lipinski definition) is 6. The molecule has 1 aromatic rings. The van der Waals surface area contributed by atoms with Gasteiger partial charge in [-0.2, -0.15) is 11.8 Å². The van der Waals surface area contributed by atoms with Crippen molar-refractivity contribution in [3.8, 4) is 0 Å². The molecule has 122 valence electrons. The molecule has 0 spiro atoms. The van der Waals surface area contributed by atoms with Crippen LogP contribution < -0.4 is 10.0 Å². The van der Waals surface area contributed by atoms with Gasteiger partial charge >= 0.3 is 5.69 Å². The van der Waals surface area contributed by atoms with Crippen LogP contribution in [-0.4, -0.2) is 37.4 Å². The Kier molecular flexibility index (Phi) is 4.98. The maximum atomic E-state index is 11.6. The van der Waals surface area contributed by atoms with Gasteiger partial charge in [0.1, 0.15) is 5.69 Å². The molecular weight excluding hydrogens is 326 g/mol. The Labute approximate surface area is 134 Å². The topological polar surface area (TPSA) is 107 Å². The predicted octanol–water partition coefficient (Wildman–Crippen LogP) is 1.82. The number of nitrogens with two attached hydrogens (primary N) is 1. The van der Waals surface area contributed by atoms with Gasteiger partial charge in [-0.05, 0) is 18.1 Å². The van der Waals surface area contributed by atoms with Gasteiger partial charge in [0.15, 0.2) is 4.90 Å². The van der Waals surface area contributed by atoms with Crippen LogP contribution in [0.4, 0.5) is 11.4 Å². The summed E-state index contributed by atoms with van der Waals surface area (Å²) in [7, 11) is -4.14. The van der Waals surface area contributed by atoms with E-state index in [2.05, 4.69) is 13.8 Å². The molecule has 2 N–H and O–H groups in total.